The second-order valence-corrected chi connectivity index (χ2v) is 8.41. The summed E-state index contributed by atoms with van der Waals surface area (Å²) in [6.45, 7) is 2.29. The molecular weight excluding hydrogens is 497 g/mol. The lowest BCUT2D eigenvalue weighted by Gasteiger charge is -2.31. The van der Waals surface area contributed by atoms with Crippen LogP contribution in [0.3, 0.4) is 0 Å². The van der Waals surface area contributed by atoms with Gasteiger partial charge in [0.25, 0.3) is 12.3 Å². The molecule has 1 amide bonds. The van der Waals surface area contributed by atoms with Crippen molar-refractivity contribution in [3.8, 4) is 11.3 Å². The third-order valence-electron chi connectivity index (χ3n) is 5.57. The Morgan fingerprint density at radius 3 is 2.64 bits per heavy atom. The van der Waals surface area contributed by atoms with Crippen LogP contribution in [0.5, 0.6) is 0 Å². The van der Waals surface area contributed by atoms with Crippen molar-refractivity contribution in [1.82, 2.24) is 29.7 Å². The average Bonchev–Trinajstić information content (AvgIpc) is 3.27. The monoisotopic (exact) mass is 514 g/mol. The Morgan fingerprint density at radius 2 is 1.94 bits per heavy atom. The number of hydrogen-bond donors (Lipinski definition) is 1. The number of anilines is 2. The number of carbonyl (C=O) groups is 1. The predicted octanol–water partition coefficient (Wildman–Crippen LogP) is 4.37. The number of halogens is 4. The van der Waals surface area contributed by atoms with Crippen molar-refractivity contribution in [1.29, 1.82) is 0 Å². The van der Waals surface area contributed by atoms with Gasteiger partial charge in [-0.2, -0.15) is 5.10 Å². The molecule has 1 N–H and O–H groups in total. The second kappa shape index (κ2) is 9.90. The van der Waals surface area contributed by atoms with Crippen molar-refractivity contribution >= 4 is 29.0 Å². The molecule has 1 aliphatic rings. The van der Waals surface area contributed by atoms with Crippen LogP contribution in [0, 0.1) is 5.82 Å². The predicted molar refractivity (Wildman–Crippen MR) is 126 cm³/mol. The number of nitrogens with one attached hydrogen (secondary N) is 1. The molecule has 184 valence electrons. The summed E-state index contributed by atoms with van der Waals surface area (Å²) in [5.74, 6) is -0.910. The van der Waals surface area contributed by atoms with Crippen LogP contribution in [-0.4, -0.2) is 48.7 Å². The van der Waals surface area contributed by atoms with Crippen LogP contribution in [0.1, 0.15) is 34.6 Å². The molecule has 5 rings (SSSR count). The molecule has 36 heavy (non-hydrogen) atoms. The molecule has 0 unspecified atom stereocenters. The van der Waals surface area contributed by atoms with Gasteiger partial charge in [-0.25, -0.2) is 23.1 Å². The van der Waals surface area contributed by atoms with Crippen LogP contribution in [0.4, 0.5) is 24.7 Å². The van der Waals surface area contributed by atoms with Gasteiger partial charge in [0.2, 0.25) is 0 Å². The SMILES string of the molecule is O=C(Nc1cnn(Cc2cnc(N3CCC3)cn2)c1)c1cncc(-c2c(C(F)F)ccc(Cl)c2F)n1. The van der Waals surface area contributed by atoms with Crippen molar-refractivity contribution in [2.75, 3.05) is 23.3 Å². The molecule has 3 aromatic heterocycles. The number of alkyl halides is 2. The van der Waals surface area contributed by atoms with E-state index in [0.717, 1.165) is 49.9 Å². The summed E-state index contributed by atoms with van der Waals surface area (Å²) >= 11 is 5.77. The Hall–Kier alpha value is -4.06. The summed E-state index contributed by atoms with van der Waals surface area (Å²) in [7, 11) is 0. The third kappa shape index (κ3) is 4.85. The van der Waals surface area contributed by atoms with Crippen molar-refractivity contribution in [3.63, 3.8) is 0 Å². The molecular formula is C23H18ClF3N8O. The van der Waals surface area contributed by atoms with Crippen LogP contribution in [-0.2, 0) is 6.54 Å². The molecule has 0 saturated carbocycles. The van der Waals surface area contributed by atoms with E-state index >= 15 is 0 Å². The summed E-state index contributed by atoms with van der Waals surface area (Å²) in [5, 5.41) is 6.46. The standard InChI is InChI=1S/C23H18ClF3N8O/c24-16-3-2-15(22(26)27)20(21(16)25)17-8-28-9-18(33-17)23(36)32-14-7-31-35(12-14)11-13-6-30-19(10-29-13)34-4-1-5-34/h2-3,6-10,12,22H,1,4-5,11H2,(H,32,36). The number of rotatable bonds is 7. The zero-order valence-electron chi connectivity index (χ0n) is 18.6. The smallest absolute Gasteiger partial charge is 0.275 e. The van der Waals surface area contributed by atoms with E-state index in [0.29, 0.717) is 17.9 Å². The zero-order valence-corrected chi connectivity index (χ0v) is 19.3. The number of nitrogens with zero attached hydrogens (tertiary/aromatic N) is 7. The maximum absolute atomic E-state index is 14.6. The highest BCUT2D eigenvalue weighted by Crippen LogP contribution is 2.35. The number of carbonyl (C=O) groups excluding carboxylic acids is 1. The first-order chi connectivity index (χ1) is 17.4. The molecule has 4 aromatic rings. The fraction of sp³-hybridized carbons (Fsp3) is 0.217. The third-order valence-corrected chi connectivity index (χ3v) is 5.86. The lowest BCUT2D eigenvalue weighted by atomic mass is 10.0. The van der Waals surface area contributed by atoms with Gasteiger partial charge in [0, 0.05) is 30.4 Å². The minimum atomic E-state index is -2.98. The van der Waals surface area contributed by atoms with Crippen molar-refractivity contribution < 1.29 is 18.0 Å². The summed E-state index contributed by atoms with van der Waals surface area (Å²) in [6, 6.07) is 2.05. The highest BCUT2D eigenvalue weighted by molar-refractivity contribution is 6.31. The first-order valence-electron chi connectivity index (χ1n) is 10.9. The van der Waals surface area contributed by atoms with Gasteiger partial charge >= 0.3 is 0 Å². The zero-order chi connectivity index (χ0) is 25.2. The number of aromatic nitrogens is 6. The van der Waals surface area contributed by atoms with Crippen LogP contribution in [0.25, 0.3) is 11.3 Å². The lowest BCUT2D eigenvalue weighted by Crippen LogP contribution is -2.37. The van der Waals surface area contributed by atoms with E-state index in [-0.39, 0.29) is 16.4 Å². The molecule has 1 saturated heterocycles. The van der Waals surface area contributed by atoms with Gasteiger partial charge in [0.1, 0.15) is 11.5 Å². The van der Waals surface area contributed by atoms with Crippen LogP contribution in [0.15, 0.2) is 49.3 Å². The average molecular weight is 515 g/mol. The number of amides is 1. The van der Waals surface area contributed by atoms with E-state index in [1.165, 1.54) is 6.20 Å². The van der Waals surface area contributed by atoms with E-state index in [1.54, 1.807) is 23.3 Å². The number of benzene rings is 1. The van der Waals surface area contributed by atoms with Gasteiger partial charge in [0.15, 0.2) is 5.82 Å². The van der Waals surface area contributed by atoms with Gasteiger partial charge in [-0.05, 0) is 12.5 Å². The van der Waals surface area contributed by atoms with Gasteiger partial charge in [0.05, 0.1) is 59.6 Å². The van der Waals surface area contributed by atoms with E-state index in [2.05, 4.69) is 35.3 Å². The summed E-state index contributed by atoms with van der Waals surface area (Å²) in [4.78, 5) is 31.6. The minimum Gasteiger partial charge on any atom is -0.355 e. The highest BCUT2D eigenvalue weighted by atomic mass is 35.5. The molecule has 0 bridgehead atoms. The molecule has 9 nitrogen and oxygen atoms in total. The summed E-state index contributed by atoms with van der Waals surface area (Å²) in [6.07, 6.45) is 6.82. The van der Waals surface area contributed by atoms with Crippen molar-refractivity contribution in [2.45, 2.75) is 19.4 Å². The summed E-state index contributed by atoms with van der Waals surface area (Å²) in [5.41, 5.74) is -0.502. The van der Waals surface area contributed by atoms with Crippen LogP contribution in [0.2, 0.25) is 5.02 Å². The van der Waals surface area contributed by atoms with Crippen LogP contribution < -0.4 is 10.2 Å². The minimum absolute atomic E-state index is 0.202. The van der Waals surface area contributed by atoms with Crippen molar-refractivity contribution in [2.24, 2.45) is 0 Å². The fourth-order valence-electron chi connectivity index (χ4n) is 3.62. The van der Waals surface area contributed by atoms with Gasteiger partial charge in [-0.1, -0.05) is 17.7 Å². The molecule has 0 radical (unpaired) electrons. The lowest BCUT2D eigenvalue weighted by molar-refractivity contribution is 0.102. The molecule has 13 heteroatoms. The normalized spacial score (nSPS) is 13.1. The second-order valence-electron chi connectivity index (χ2n) is 8.00. The fourth-order valence-corrected chi connectivity index (χ4v) is 3.77. The molecule has 1 aromatic carbocycles. The Bertz CT molecular complexity index is 1410. The van der Waals surface area contributed by atoms with E-state index in [4.69, 9.17) is 11.6 Å². The van der Waals surface area contributed by atoms with Gasteiger partial charge in [-0.15, -0.1) is 0 Å². The maximum atomic E-state index is 14.6. The first-order valence-corrected chi connectivity index (χ1v) is 11.2. The van der Waals surface area contributed by atoms with Gasteiger partial charge < -0.3 is 10.2 Å². The van der Waals surface area contributed by atoms with E-state index in [9.17, 15) is 18.0 Å². The quantitative estimate of drug-likeness (QED) is 0.391. The Balaban J connectivity index is 1.30. The maximum Gasteiger partial charge on any atom is 0.275 e. The van der Waals surface area contributed by atoms with E-state index in [1.807, 2.05) is 0 Å². The molecule has 0 aliphatic carbocycles. The highest BCUT2D eigenvalue weighted by Gasteiger charge is 2.23. The largest absolute Gasteiger partial charge is 0.355 e. The Morgan fingerprint density at radius 1 is 1.11 bits per heavy atom. The Labute approximate surface area is 208 Å². The first kappa shape index (κ1) is 23.7. The van der Waals surface area contributed by atoms with E-state index < -0.39 is 29.3 Å². The molecule has 0 atom stereocenters. The molecule has 4 heterocycles. The molecule has 1 aliphatic heterocycles. The van der Waals surface area contributed by atoms with Crippen molar-refractivity contribution in [3.05, 3.63) is 77.1 Å². The van der Waals surface area contributed by atoms with Gasteiger partial charge in [-0.3, -0.25) is 19.4 Å². The number of hydrogen-bond acceptors (Lipinski definition) is 7. The molecule has 0 spiro atoms. The Kier molecular flexibility index (Phi) is 6.51. The van der Waals surface area contributed by atoms with Crippen LogP contribution >= 0.6 is 11.6 Å². The topological polar surface area (TPSA) is 102 Å². The molecule has 1 fully saturated rings. The summed E-state index contributed by atoms with van der Waals surface area (Å²) < 4.78 is 43.1.